The van der Waals surface area contributed by atoms with E-state index in [9.17, 15) is 8.42 Å². The highest BCUT2D eigenvalue weighted by Gasteiger charge is 2.29. The summed E-state index contributed by atoms with van der Waals surface area (Å²) in [5.74, 6) is 2.82. The molecule has 0 aliphatic carbocycles. The summed E-state index contributed by atoms with van der Waals surface area (Å²) in [5.41, 5.74) is 1.43. The van der Waals surface area contributed by atoms with Gasteiger partial charge in [-0.15, -0.1) is 10.2 Å². The van der Waals surface area contributed by atoms with E-state index < -0.39 is 9.84 Å². The lowest BCUT2D eigenvalue weighted by Gasteiger charge is -2.19. The van der Waals surface area contributed by atoms with Crippen LogP contribution in [0, 0.1) is 5.92 Å². The number of benzene rings is 1. The Morgan fingerprint density at radius 1 is 1.21 bits per heavy atom. The van der Waals surface area contributed by atoms with Crippen LogP contribution >= 0.6 is 11.8 Å². The molecule has 0 radical (unpaired) electrons. The SMILES string of the molecule is CC(C)(C)c1ccc(OCCCSc2nnc(CC3CCS(=O)(=O)C3)o2)cc1. The van der Waals surface area contributed by atoms with Crippen molar-refractivity contribution < 1.29 is 17.6 Å². The zero-order valence-electron chi connectivity index (χ0n) is 16.7. The molecular formula is C20H28N2O4S2. The minimum atomic E-state index is -2.87. The van der Waals surface area contributed by atoms with Crippen molar-refractivity contribution in [3.05, 3.63) is 35.7 Å². The summed E-state index contributed by atoms with van der Waals surface area (Å²) in [6.45, 7) is 7.21. The topological polar surface area (TPSA) is 82.3 Å². The average molecular weight is 425 g/mol. The van der Waals surface area contributed by atoms with Gasteiger partial charge in [0.05, 0.1) is 18.1 Å². The molecule has 1 atom stereocenters. The second-order valence-corrected chi connectivity index (χ2v) is 11.5. The fourth-order valence-electron chi connectivity index (χ4n) is 3.12. The Labute approximate surface area is 171 Å². The first-order valence-corrected chi connectivity index (χ1v) is 12.4. The van der Waals surface area contributed by atoms with Gasteiger partial charge in [0, 0.05) is 12.2 Å². The number of rotatable bonds is 8. The molecule has 0 spiro atoms. The van der Waals surface area contributed by atoms with Crippen LogP contribution < -0.4 is 4.74 Å². The fraction of sp³-hybridized carbons (Fsp3) is 0.600. The van der Waals surface area contributed by atoms with E-state index in [1.54, 1.807) is 0 Å². The van der Waals surface area contributed by atoms with E-state index in [1.807, 2.05) is 12.1 Å². The molecule has 28 heavy (non-hydrogen) atoms. The number of nitrogens with zero attached hydrogens (tertiary/aromatic N) is 2. The van der Waals surface area contributed by atoms with Gasteiger partial charge in [-0.05, 0) is 41.9 Å². The lowest BCUT2D eigenvalue weighted by molar-refractivity contribution is 0.318. The highest BCUT2D eigenvalue weighted by Crippen LogP contribution is 2.25. The first-order chi connectivity index (χ1) is 13.2. The van der Waals surface area contributed by atoms with Gasteiger partial charge in [0.15, 0.2) is 9.84 Å². The second kappa shape index (κ2) is 8.86. The van der Waals surface area contributed by atoms with Crippen molar-refractivity contribution in [3.8, 4) is 5.75 Å². The number of hydrogen-bond donors (Lipinski definition) is 0. The molecular weight excluding hydrogens is 396 g/mol. The Bertz CT molecular complexity index is 870. The Morgan fingerprint density at radius 2 is 1.96 bits per heavy atom. The summed E-state index contributed by atoms with van der Waals surface area (Å²) in [6, 6.07) is 8.25. The van der Waals surface area contributed by atoms with Crippen LogP contribution in [0.4, 0.5) is 0 Å². The number of hydrogen-bond acceptors (Lipinski definition) is 7. The third-order valence-electron chi connectivity index (χ3n) is 4.74. The minimum Gasteiger partial charge on any atom is -0.494 e. The fourth-order valence-corrected chi connectivity index (χ4v) is 5.67. The van der Waals surface area contributed by atoms with Crippen LogP contribution in [0.3, 0.4) is 0 Å². The van der Waals surface area contributed by atoms with Crippen LogP contribution in [0.2, 0.25) is 0 Å². The van der Waals surface area contributed by atoms with Gasteiger partial charge in [0.2, 0.25) is 5.89 Å². The molecule has 1 unspecified atom stereocenters. The Morgan fingerprint density at radius 3 is 2.61 bits per heavy atom. The summed E-state index contributed by atoms with van der Waals surface area (Å²) in [6.07, 6.45) is 2.09. The molecule has 3 rings (SSSR count). The third-order valence-corrected chi connectivity index (χ3v) is 7.48. The summed E-state index contributed by atoms with van der Waals surface area (Å²) in [7, 11) is -2.87. The second-order valence-electron chi connectivity index (χ2n) is 8.26. The maximum absolute atomic E-state index is 11.5. The quantitative estimate of drug-likeness (QED) is 0.469. The largest absolute Gasteiger partial charge is 0.494 e. The molecule has 0 saturated carbocycles. The molecule has 154 valence electrons. The van der Waals surface area contributed by atoms with Crippen molar-refractivity contribution in [3.63, 3.8) is 0 Å². The predicted octanol–water partition coefficient (Wildman–Crippen LogP) is 3.91. The molecule has 0 bridgehead atoms. The molecule has 1 aliphatic rings. The molecule has 1 aliphatic heterocycles. The van der Waals surface area contributed by atoms with E-state index in [0.29, 0.717) is 30.6 Å². The van der Waals surface area contributed by atoms with Gasteiger partial charge in [0.1, 0.15) is 5.75 Å². The van der Waals surface area contributed by atoms with Crippen molar-refractivity contribution in [2.24, 2.45) is 5.92 Å². The van der Waals surface area contributed by atoms with Crippen LogP contribution in [-0.4, -0.2) is 42.5 Å². The molecule has 1 aromatic carbocycles. The monoisotopic (exact) mass is 424 g/mol. The van der Waals surface area contributed by atoms with Gasteiger partial charge < -0.3 is 9.15 Å². The van der Waals surface area contributed by atoms with E-state index in [-0.39, 0.29) is 22.8 Å². The van der Waals surface area contributed by atoms with Crippen LogP contribution in [0.1, 0.15) is 45.1 Å². The van der Waals surface area contributed by atoms with Gasteiger partial charge in [-0.1, -0.05) is 44.7 Å². The van der Waals surface area contributed by atoms with Gasteiger partial charge >= 0.3 is 0 Å². The molecule has 8 heteroatoms. The minimum absolute atomic E-state index is 0.0985. The highest BCUT2D eigenvalue weighted by atomic mass is 32.2. The van der Waals surface area contributed by atoms with Gasteiger partial charge in [-0.25, -0.2) is 8.42 Å². The Balaban J connectivity index is 1.35. The third kappa shape index (κ3) is 6.24. The summed E-state index contributed by atoms with van der Waals surface area (Å²) in [4.78, 5) is 0. The maximum Gasteiger partial charge on any atom is 0.276 e. The number of ether oxygens (including phenoxy) is 1. The van der Waals surface area contributed by atoms with Crippen LogP contribution in [0.25, 0.3) is 0 Å². The molecule has 6 nitrogen and oxygen atoms in total. The smallest absolute Gasteiger partial charge is 0.276 e. The molecule has 1 aromatic heterocycles. The zero-order chi connectivity index (χ0) is 20.2. The summed E-state index contributed by atoms with van der Waals surface area (Å²) in [5, 5.41) is 8.61. The first kappa shape index (κ1) is 21.2. The normalized spacial score (nSPS) is 19.0. The number of sulfone groups is 1. The summed E-state index contributed by atoms with van der Waals surface area (Å²) < 4.78 is 34.5. The molecule has 2 aromatic rings. The van der Waals surface area contributed by atoms with Crippen LogP contribution in [0.5, 0.6) is 5.75 Å². The molecule has 0 N–H and O–H groups in total. The Hall–Kier alpha value is -1.54. The highest BCUT2D eigenvalue weighted by molar-refractivity contribution is 7.99. The van der Waals surface area contributed by atoms with Gasteiger partial charge in [0.25, 0.3) is 5.22 Å². The lowest BCUT2D eigenvalue weighted by Crippen LogP contribution is -2.10. The van der Waals surface area contributed by atoms with Gasteiger partial charge in [-0.3, -0.25) is 0 Å². The van der Waals surface area contributed by atoms with Crippen LogP contribution in [-0.2, 0) is 21.7 Å². The number of thioether (sulfide) groups is 1. The Kier molecular flexibility index (Phi) is 6.70. The molecule has 1 fully saturated rings. The van der Waals surface area contributed by atoms with E-state index in [0.717, 1.165) is 17.9 Å². The van der Waals surface area contributed by atoms with E-state index >= 15 is 0 Å². The number of aromatic nitrogens is 2. The average Bonchev–Trinajstić information content (AvgIpc) is 3.20. The van der Waals surface area contributed by atoms with Crippen molar-refractivity contribution in [1.82, 2.24) is 10.2 Å². The van der Waals surface area contributed by atoms with E-state index in [1.165, 1.54) is 17.3 Å². The molecule has 2 heterocycles. The first-order valence-electron chi connectivity index (χ1n) is 9.60. The van der Waals surface area contributed by atoms with Crippen molar-refractivity contribution >= 4 is 21.6 Å². The molecule has 0 amide bonds. The zero-order valence-corrected chi connectivity index (χ0v) is 18.3. The van der Waals surface area contributed by atoms with Crippen molar-refractivity contribution in [2.75, 3.05) is 23.9 Å². The standard InChI is InChI=1S/C20H28N2O4S2/c1-20(2,3)16-5-7-17(8-6-16)25-10-4-11-27-19-22-21-18(26-19)13-15-9-12-28(23,24)14-15/h5-8,15H,4,9-14H2,1-3H3. The van der Waals surface area contributed by atoms with Gasteiger partial charge in [-0.2, -0.15) is 0 Å². The molecule has 1 saturated heterocycles. The van der Waals surface area contributed by atoms with Crippen molar-refractivity contribution in [1.29, 1.82) is 0 Å². The van der Waals surface area contributed by atoms with Crippen molar-refractivity contribution in [2.45, 2.75) is 50.7 Å². The van der Waals surface area contributed by atoms with Crippen LogP contribution in [0.15, 0.2) is 33.9 Å². The predicted molar refractivity (Wildman–Crippen MR) is 111 cm³/mol. The van der Waals surface area contributed by atoms with E-state index in [2.05, 4.69) is 43.1 Å². The lowest BCUT2D eigenvalue weighted by atomic mass is 9.87. The van der Waals surface area contributed by atoms with E-state index in [4.69, 9.17) is 9.15 Å². The maximum atomic E-state index is 11.5. The summed E-state index contributed by atoms with van der Waals surface area (Å²) >= 11 is 1.50.